The van der Waals surface area contributed by atoms with Crippen LogP contribution in [0.15, 0.2) is 33.7 Å². The van der Waals surface area contributed by atoms with Crippen molar-refractivity contribution in [2.75, 3.05) is 26.2 Å². The van der Waals surface area contributed by atoms with Crippen LogP contribution in [0.1, 0.15) is 11.5 Å². The van der Waals surface area contributed by atoms with Crippen molar-refractivity contribution in [3.05, 3.63) is 45.8 Å². The Morgan fingerprint density at radius 3 is 2.33 bits per heavy atom. The smallest absolute Gasteiger partial charge is 0.246 e. The van der Waals surface area contributed by atoms with E-state index in [1.165, 1.54) is 16.4 Å². The van der Waals surface area contributed by atoms with Crippen LogP contribution in [-0.2, 0) is 16.6 Å². The van der Waals surface area contributed by atoms with Gasteiger partial charge in [-0.15, -0.1) is 0 Å². The number of rotatable bonds is 4. The Kier molecular flexibility index (Phi) is 5.17. The molecule has 0 N–H and O–H groups in total. The summed E-state index contributed by atoms with van der Waals surface area (Å²) in [5, 5.41) is 4.14. The third-order valence-electron chi connectivity index (χ3n) is 3.90. The molecule has 1 fully saturated rings. The zero-order valence-corrected chi connectivity index (χ0v) is 15.4. The fourth-order valence-corrected chi connectivity index (χ4v) is 5.21. The molecule has 1 aliphatic heterocycles. The largest absolute Gasteiger partial charge is 0.360 e. The summed E-state index contributed by atoms with van der Waals surface area (Å²) in [5.41, 5.74) is 0.833. The van der Waals surface area contributed by atoms with E-state index >= 15 is 0 Å². The number of halogens is 2. The lowest BCUT2D eigenvalue weighted by molar-refractivity contribution is 0.166. The maximum atomic E-state index is 12.8. The summed E-state index contributed by atoms with van der Waals surface area (Å²) in [6.45, 7) is 4.42. The molecule has 9 heteroatoms. The fourth-order valence-electron chi connectivity index (χ4n) is 2.70. The number of aromatic nitrogens is 1. The normalized spacial score (nSPS) is 17.3. The van der Waals surface area contributed by atoms with Crippen molar-refractivity contribution in [3.63, 3.8) is 0 Å². The van der Waals surface area contributed by atoms with Crippen molar-refractivity contribution < 1.29 is 12.9 Å². The molecular formula is C15H17Cl2N3O3S. The summed E-state index contributed by atoms with van der Waals surface area (Å²) in [4.78, 5) is 2.10. The second-order valence-electron chi connectivity index (χ2n) is 5.67. The molecule has 0 aliphatic carbocycles. The predicted molar refractivity (Wildman–Crippen MR) is 91.7 cm³/mol. The van der Waals surface area contributed by atoms with Crippen LogP contribution in [0, 0.1) is 6.92 Å². The molecule has 1 aromatic heterocycles. The van der Waals surface area contributed by atoms with Crippen molar-refractivity contribution >= 4 is 33.2 Å². The highest BCUT2D eigenvalue weighted by Gasteiger charge is 2.32. The molecule has 0 saturated carbocycles. The molecule has 0 unspecified atom stereocenters. The number of nitrogens with zero attached hydrogens (tertiary/aromatic N) is 3. The number of piperazine rings is 1. The average Bonchev–Trinajstić information content (AvgIpc) is 2.92. The minimum absolute atomic E-state index is 0.0207. The lowest BCUT2D eigenvalue weighted by Crippen LogP contribution is -2.48. The Bertz CT molecular complexity index is 810. The number of sulfonamides is 1. The molecule has 2 aromatic rings. The molecule has 1 aliphatic rings. The molecule has 24 heavy (non-hydrogen) atoms. The molecule has 0 bridgehead atoms. The van der Waals surface area contributed by atoms with E-state index in [1.807, 2.05) is 13.0 Å². The quantitative estimate of drug-likeness (QED) is 0.803. The summed E-state index contributed by atoms with van der Waals surface area (Å²) >= 11 is 12.1. The van der Waals surface area contributed by atoms with Gasteiger partial charge in [0.05, 0.1) is 22.3 Å². The molecular weight excluding hydrogens is 373 g/mol. The summed E-state index contributed by atoms with van der Waals surface area (Å²) in [6.07, 6.45) is 0. The van der Waals surface area contributed by atoms with Gasteiger partial charge in [-0.3, -0.25) is 4.90 Å². The minimum atomic E-state index is -3.71. The van der Waals surface area contributed by atoms with Crippen LogP contribution in [0.4, 0.5) is 0 Å². The Labute approximate surface area is 151 Å². The van der Waals surface area contributed by atoms with Gasteiger partial charge in [0.15, 0.2) is 5.76 Å². The van der Waals surface area contributed by atoms with E-state index in [9.17, 15) is 8.42 Å². The molecule has 0 atom stereocenters. The van der Waals surface area contributed by atoms with Crippen molar-refractivity contribution in [2.24, 2.45) is 0 Å². The van der Waals surface area contributed by atoms with Crippen molar-refractivity contribution in [2.45, 2.75) is 18.4 Å². The Balaban J connectivity index is 1.69. The van der Waals surface area contributed by atoms with Gasteiger partial charge >= 0.3 is 0 Å². The van der Waals surface area contributed by atoms with Gasteiger partial charge < -0.3 is 4.52 Å². The van der Waals surface area contributed by atoms with Crippen molar-refractivity contribution in [3.8, 4) is 0 Å². The SMILES string of the molecule is Cc1cc(CN2CCN(S(=O)(=O)c3c(Cl)cccc3Cl)CC2)on1. The summed E-state index contributed by atoms with van der Waals surface area (Å²) in [7, 11) is -3.71. The topological polar surface area (TPSA) is 66.7 Å². The summed E-state index contributed by atoms with van der Waals surface area (Å²) < 4.78 is 32.2. The van der Waals surface area contributed by atoms with E-state index in [-0.39, 0.29) is 14.9 Å². The van der Waals surface area contributed by atoms with Crippen LogP contribution in [0.2, 0.25) is 10.0 Å². The molecule has 1 aromatic carbocycles. The second kappa shape index (κ2) is 7.01. The zero-order chi connectivity index (χ0) is 17.3. The number of hydrogen-bond donors (Lipinski definition) is 0. The first-order valence-electron chi connectivity index (χ1n) is 7.46. The molecule has 1 saturated heterocycles. The van der Waals surface area contributed by atoms with Crippen LogP contribution in [0.25, 0.3) is 0 Å². The molecule has 0 radical (unpaired) electrons. The van der Waals surface area contributed by atoms with E-state index in [0.717, 1.165) is 11.5 Å². The van der Waals surface area contributed by atoms with Gasteiger partial charge in [-0.1, -0.05) is 34.4 Å². The van der Waals surface area contributed by atoms with E-state index in [1.54, 1.807) is 6.07 Å². The minimum Gasteiger partial charge on any atom is -0.360 e. The average molecular weight is 390 g/mol. The second-order valence-corrected chi connectivity index (χ2v) is 8.35. The zero-order valence-electron chi connectivity index (χ0n) is 13.1. The molecule has 2 heterocycles. The van der Waals surface area contributed by atoms with Gasteiger partial charge in [0.25, 0.3) is 0 Å². The van der Waals surface area contributed by atoms with Crippen LogP contribution in [0.5, 0.6) is 0 Å². The molecule has 3 rings (SSSR count). The lowest BCUT2D eigenvalue weighted by Gasteiger charge is -2.33. The summed E-state index contributed by atoms with van der Waals surface area (Å²) in [5.74, 6) is 0.776. The van der Waals surface area contributed by atoms with Crippen molar-refractivity contribution in [1.82, 2.24) is 14.4 Å². The van der Waals surface area contributed by atoms with Crippen LogP contribution in [-0.4, -0.2) is 49.0 Å². The van der Waals surface area contributed by atoms with Crippen molar-refractivity contribution in [1.29, 1.82) is 0 Å². The highest BCUT2D eigenvalue weighted by Crippen LogP contribution is 2.31. The number of aryl methyl sites for hydroxylation is 1. The highest BCUT2D eigenvalue weighted by atomic mass is 35.5. The van der Waals surface area contributed by atoms with Crippen LogP contribution in [0.3, 0.4) is 0 Å². The molecule has 130 valence electrons. The monoisotopic (exact) mass is 389 g/mol. The third-order valence-corrected chi connectivity index (χ3v) is 6.76. The fraction of sp³-hybridized carbons (Fsp3) is 0.400. The third kappa shape index (κ3) is 3.60. The molecule has 0 spiro atoms. The first-order valence-corrected chi connectivity index (χ1v) is 9.66. The Morgan fingerprint density at radius 1 is 1.17 bits per heavy atom. The van der Waals surface area contributed by atoms with Gasteiger partial charge in [-0.25, -0.2) is 8.42 Å². The number of hydrogen-bond acceptors (Lipinski definition) is 5. The van der Waals surface area contributed by atoms with E-state index in [0.29, 0.717) is 32.7 Å². The Morgan fingerprint density at radius 2 is 1.79 bits per heavy atom. The molecule has 6 nitrogen and oxygen atoms in total. The summed E-state index contributed by atoms with van der Waals surface area (Å²) in [6, 6.07) is 6.57. The van der Waals surface area contributed by atoms with Gasteiger partial charge in [0.1, 0.15) is 4.90 Å². The maximum Gasteiger partial charge on any atom is 0.246 e. The van der Waals surface area contributed by atoms with Gasteiger partial charge in [-0.05, 0) is 19.1 Å². The predicted octanol–water partition coefficient (Wildman–Crippen LogP) is 2.80. The van der Waals surface area contributed by atoms with E-state index < -0.39 is 10.0 Å². The highest BCUT2D eigenvalue weighted by molar-refractivity contribution is 7.89. The van der Waals surface area contributed by atoms with E-state index in [4.69, 9.17) is 27.7 Å². The van der Waals surface area contributed by atoms with Gasteiger partial charge in [0, 0.05) is 32.2 Å². The standard InChI is InChI=1S/C15H17Cl2N3O3S/c1-11-9-12(23-18-11)10-19-5-7-20(8-6-19)24(21,22)15-13(16)3-2-4-14(15)17/h2-4,9H,5-8,10H2,1H3. The van der Waals surface area contributed by atoms with Gasteiger partial charge in [0.2, 0.25) is 10.0 Å². The van der Waals surface area contributed by atoms with E-state index in [2.05, 4.69) is 10.1 Å². The van der Waals surface area contributed by atoms with Crippen LogP contribution >= 0.6 is 23.2 Å². The first kappa shape index (κ1) is 17.7. The maximum absolute atomic E-state index is 12.8. The Hall–Kier alpha value is -1.12. The first-order chi connectivity index (χ1) is 11.4. The molecule has 0 amide bonds. The number of benzene rings is 1. The van der Waals surface area contributed by atoms with Crippen LogP contribution < -0.4 is 0 Å². The lowest BCUT2D eigenvalue weighted by atomic mass is 10.3. The van der Waals surface area contributed by atoms with Gasteiger partial charge in [-0.2, -0.15) is 4.31 Å².